The molecule has 0 bridgehead atoms. The van der Waals surface area contributed by atoms with Crippen molar-refractivity contribution in [2.24, 2.45) is 0 Å². The lowest BCUT2D eigenvalue weighted by atomic mass is 10.2. The fraction of sp³-hybridized carbons (Fsp3) is 0.118. The summed E-state index contributed by atoms with van der Waals surface area (Å²) in [4.78, 5) is 11.8. The summed E-state index contributed by atoms with van der Waals surface area (Å²) in [6.45, 7) is 2.54. The lowest BCUT2D eigenvalue weighted by Crippen LogP contribution is -2.03. The Morgan fingerprint density at radius 2 is 1.86 bits per heavy atom. The SMILES string of the molecule is CCOc1ccc(/C=C/C(=O)Oc2ccc(Cl)cc2Cl)cc1. The van der Waals surface area contributed by atoms with E-state index in [9.17, 15) is 4.79 Å². The lowest BCUT2D eigenvalue weighted by Gasteiger charge is -2.04. The van der Waals surface area contributed by atoms with Crippen molar-refractivity contribution in [3.05, 3.63) is 64.1 Å². The second-order valence-electron chi connectivity index (χ2n) is 4.33. The van der Waals surface area contributed by atoms with Crippen molar-refractivity contribution >= 4 is 35.2 Å². The Hall–Kier alpha value is -1.97. The maximum atomic E-state index is 11.8. The van der Waals surface area contributed by atoms with Gasteiger partial charge in [0.25, 0.3) is 0 Å². The third-order valence-electron chi connectivity index (χ3n) is 2.71. The highest BCUT2D eigenvalue weighted by molar-refractivity contribution is 6.35. The number of carbonyl (C=O) groups excluding carboxylic acids is 1. The number of benzene rings is 2. The number of carbonyl (C=O) groups is 1. The Kier molecular flexibility index (Phi) is 5.87. The molecule has 0 aromatic heterocycles. The van der Waals surface area contributed by atoms with E-state index in [4.69, 9.17) is 32.7 Å². The van der Waals surface area contributed by atoms with E-state index in [1.54, 1.807) is 18.2 Å². The molecule has 0 unspecified atom stereocenters. The van der Waals surface area contributed by atoms with Gasteiger partial charge in [0.15, 0.2) is 0 Å². The number of esters is 1. The fourth-order valence-corrected chi connectivity index (χ4v) is 2.15. The molecule has 0 fully saturated rings. The molecule has 22 heavy (non-hydrogen) atoms. The summed E-state index contributed by atoms with van der Waals surface area (Å²) in [5.41, 5.74) is 0.864. The maximum Gasteiger partial charge on any atom is 0.336 e. The minimum absolute atomic E-state index is 0.271. The molecule has 5 heteroatoms. The van der Waals surface area contributed by atoms with Crippen LogP contribution in [-0.2, 0) is 4.79 Å². The van der Waals surface area contributed by atoms with Crippen molar-refractivity contribution in [2.75, 3.05) is 6.61 Å². The predicted octanol–water partition coefficient (Wildman–Crippen LogP) is 5.01. The van der Waals surface area contributed by atoms with Gasteiger partial charge >= 0.3 is 5.97 Å². The predicted molar refractivity (Wildman–Crippen MR) is 88.7 cm³/mol. The summed E-state index contributed by atoms with van der Waals surface area (Å²) in [5, 5.41) is 0.769. The molecule has 0 atom stereocenters. The number of hydrogen-bond acceptors (Lipinski definition) is 3. The van der Waals surface area contributed by atoms with Crippen LogP contribution >= 0.6 is 23.2 Å². The molecule has 0 heterocycles. The third-order valence-corrected chi connectivity index (χ3v) is 3.24. The Morgan fingerprint density at radius 3 is 2.50 bits per heavy atom. The summed E-state index contributed by atoms with van der Waals surface area (Å²) in [6, 6.07) is 12.0. The van der Waals surface area contributed by atoms with Gasteiger partial charge < -0.3 is 9.47 Å². The molecule has 0 radical (unpaired) electrons. The minimum atomic E-state index is -0.516. The van der Waals surface area contributed by atoms with E-state index in [1.165, 1.54) is 12.1 Å². The zero-order chi connectivity index (χ0) is 15.9. The van der Waals surface area contributed by atoms with Crippen LogP contribution in [0.4, 0.5) is 0 Å². The number of rotatable bonds is 5. The largest absolute Gasteiger partial charge is 0.494 e. The van der Waals surface area contributed by atoms with Gasteiger partial charge in [-0.15, -0.1) is 0 Å². The van der Waals surface area contributed by atoms with Crippen molar-refractivity contribution in [3.63, 3.8) is 0 Å². The standard InChI is InChI=1S/C17H14Cl2O3/c1-2-21-14-7-3-12(4-8-14)5-10-17(20)22-16-9-6-13(18)11-15(16)19/h3-11H,2H2,1H3/b10-5+. The zero-order valence-corrected chi connectivity index (χ0v) is 13.4. The average molecular weight is 337 g/mol. The first-order valence-corrected chi connectivity index (χ1v) is 7.42. The van der Waals surface area contributed by atoms with Crippen LogP contribution in [0.25, 0.3) is 6.08 Å². The molecule has 0 saturated carbocycles. The molecule has 0 spiro atoms. The van der Waals surface area contributed by atoms with E-state index >= 15 is 0 Å². The van der Waals surface area contributed by atoms with Crippen LogP contribution in [-0.4, -0.2) is 12.6 Å². The van der Waals surface area contributed by atoms with Gasteiger partial charge in [-0.25, -0.2) is 4.79 Å². The Morgan fingerprint density at radius 1 is 1.14 bits per heavy atom. The first-order valence-electron chi connectivity index (χ1n) is 6.66. The first-order chi connectivity index (χ1) is 10.6. The lowest BCUT2D eigenvalue weighted by molar-refractivity contribution is -0.128. The van der Waals surface area contributed by atoms with Crippen LogP contribution in [0.3, 0.4) is 0 Å². The van der Waals surface area contributed by atoms with Gasteiger partial charge in [-0.05, 0) is 48.9 Å². The molecule has 114 valence electrons. The highest BCUT2D eigenvalue weighted by Crippen LogP contribution is 2.27. The number of halogens is 2. The normalized spacial score (nSPS) is 10.7. The van der Waals surface area contributed by atoms with Crippen LogP contribution in [0.2, 0.25) is 10.0 Å². The number of hydrogen-bond donors (Lipinski definition) is 0. The highest BCUT2D eigenvalue weighted by Gasteiger charge is 2.06. The monoisotopic (exact) mass is 336 g/mol. The third kappa shape index (κ3) is 4.79. The van der Waals surface area contributed by atoms with Gasteiger partial charge in [-0.3, -0.25) is 0 Å². The molecule has 0 N–H and O–H groups in total. The Balaban J connectivity index is 1.98. The molecule has 0 amide bonds. The van der Waals surface area contributed by atoms with Crippen LogP contribution in [0, 0.1) is 0 Å². The van der Waals surface area contributed by atoms with E-state index in [-0.39, 0.29) is 10.8 Å². The van der Waals surface area contributed by atoms with E-state index in [2.05, 4.69) is 0 Å². The van der Waals surface area contributed by atoms with Gasteiger partial charge in [-0.1, -0.05) is 35.3 Å². The quantitative estimate of drug-likeness (QED) is 0.437. The second kappa shape index (κ2) is 7.87. The molecular weight excluding hydrogens is 323 g/mol. The molecule has 0 aliphatic heterocycles. The van der Waals surface area contributed by atoms with E-state index in [0.717, 1.165) is 11.3 Å². The van der Waals surface area contributed by atoms with Gasteiger partial charge in [0, 0.05) is 11.1 Å². The van der Waals surface area contributed by atoms with Crippen LogP contribution in [0.15, 0.2) is 48.5 Å². The van der Waals surface area contributed by atoms with Crippen molar-refractivity contribution < 1.29 is 14.3 Å². The summed E-state index contributed by atoms with van der Waals surface area (Å²) in [6.07, 6.45) is 2.99. The molecule has 0 aliphatic carbocycles. The molecule has 0 saturated heterocycles. The van der Waals surface area contributed by atoms with E-state index in [0.29, 0.717) is 11.6 Å². The smallest absolute Gasteiger partial charge is 0.336 e. The molecule has 2 aromatic rings. The minimum Gasteiger partial charge on any atom is -0.494 e. The van der Waals surface area contributed by atoms with Crippen molar-refractivity contribution in [3.8, 4) is 11.5 Å². The van der Waals surface area contributed by atoms with Crippen LogP contribution < -0.4 is 9.47 Å². The van der Waals surface area contributed by atoms with Crippen LogP contribution in [0.5, 0.6) is 11.5 Å². The molecule has 0 aliphatic rings. The van der Waals surface area contributed by atoms with Crippen LogP contribution in [0.1, 0.15) is 12.5 Å². The number of ether oxygens (including phenoxy) is 2. The fourth-order valence-electron chi connectivity index (χ4n) is 1.71. The van der Waals surface area contributed by atoms with Crippen molar-refractivity contribution in [1.29, 1.82) is 0 Å². The first kappa shape index (κ1) is 16.4. The second-order valence-corrected chi connectivity index (χ2v) is 5.17. The Labute approximate surface area is 139 Å². The topological polar surface area (TPSA) is 35.5 Å². The van der Waals surface area contributed by atoms with Gasteiger partial charge in [0.05, 0.1) is 11.6 Å². The summed E-state index contributed by atoms with van der Waals surface area (Å²) in [5.74, 6) is 0.542. The molecule has 3 nitrogen and oxygen atoms in total. The molecular formula is C17H14Cl2O3. The average Bonchev–Trinajstić information content (AvgIpc) is 2.50. The summed E-state index contributed by atoms with van der Waals surface area (Å²) in [7, 11) is 0. The maximum absolute atomic E-state index is 11.8. The summed E-state index contributed by atoms with van der Waals surface area (Å²) >= 11 is 11.7. The zero-order valence-electron chi connectivity index (χ0n) is 11.9. The van der Waals surface area contributed by atoms with Gasteiger partial charge in [-0.2, -0.15) is 0 Å². The van der Waals surface area contributed by atoms with E-state index < -0.39 is 5.97 Å². The Bertz CT molecular complexity index is 679. The van der Waals surface area contributed by atoms with Gasteiger partial charge in [0.2, 0.25) is 0 Å². The molecule has 2 aromatic carbocycles. The molecule has 2 rings (SSSR count). The van der Waals surface area contributed by atoms with Crippen molar-refractivity contribution in [2.45, 2.75) is 6.92 Å². The van der Waals surface area contributed by atoms with Gasteiger partial charge in [0.1, 0.15) is 11.5 Å². The summed E-state index contributed by atoms with van der Waals surface area (Å²) < 4.78 is 10.5. The van der Waals surface area contributed by atoms with Crippen molar-refractivity contribution in [1.82, 2.24) is 0 Å². The highest BCUT2D eigenvalue weighted by atomic mass is 35.5. The van der Waals surface area contributed by atoms with E-state index in [1.807, 2.05) is 31.2 Å².